The predicted octanol–water partition coefficient (Wildman–Crippen LogP) is 3.23. The SMILES string of the molecule is COCC(Nc1cc(Br)ccc1C(=O)O)C(C)C. The molecule has 0 aliphatic rings. The second kappa shape index (κ2) is 6.75. The van der Waals surface area contributed by atoms with E-state index >= 15 is 0 Å². The van der Waals surface area contributed by atoms with Gasteiger partial charge in [0.2, 0.25) is 0 Å². The van der Waals surface area contributed by atoms with Gasteiger partial charge in [0, 0.05) is 11.6 Å². The van der Waals surface area contributed by atoms with Crippen molar-refractivity contribution in [2.45, 2.75) is 19.9 Å². The number of carboxylic acids is 1. The number of carbonyl (C=O) groups is 1. The Morgan fingerprint density at radius 3 is 2.67 bits per heavy atom. The molecular weight excluding hydrogens is 298 g/mol. The zero-order valence-corrected chi connectivity index (χ0v) is 12.3. The van der Waals surface area contributed by atoms with Gasteiger partial charge in [-0.05, 0) is 24.1 Å². The molecule has 100 valence electrons. The highest BCUT2D eigenvalue weighted by Gasteiger charge is 2.17. The van der Waals surface area contributed by atoms with Crippen LogP contribution < -0.4 is 5.32 Å². The lowest BCUT2D eigenvalue weighted by atomic mass is 10.0. The zero-order valence-electron chi connectivity index (χ0n) is 10.7. The van der Waals surface area contributed by atoms with Crippen LogP contribution in [0.5, 0.6) is 0 Å². The highest BCUT2D eigenvalue weighted by Crippen LogP contribution is 2.23. The molecule has 0 heterocycles. The van der Waals surface area contributed by atoms with Crippen LogP contribution in [0.15, 0.2) is 22.7 Å². The van der Waals surface area contributed by atoms with Gasteiger partial charge in [0.05, 0.1) is 23.9 Å². The van der Waals surface area contributed by atoms with Gasteiger partial charge >= 0.3 is 5.97 Å². The first kappa shape index (κ1) is 15.0. The average molecular weight is 316 g/mol. The van der Waals surface area contributed by atoms with Crippen LogP contribution in [0.2, 0.25) is 0 Å². The largest absolute Gasteiger partial charge is 0.478 e. The van der Waals surface area contributed by atoms with Crippen LogP contribution >= 0.6 is 15.9 Å². The number of halogens is 1. The minimum absolute atomic E-state index is 0.0717. The molecule has 5 heteroatoms. The second-order valence-electron chi connectivity index (χ2n) is 4.45. The molecule has 0 fully saturated rings. The molecule has 1 unspecified atom stereocenters. The molecule has 0 bridgehead atoms. The fourth-order valence-corrected chi connectivity index (χ4v) is 1.96. The first-order chi connectivity index (χ1) is 8.45. The molecule has 1 rings (SSSR count). The fourth-order valence-electron chi connectivity index (χ4n) is 1.60. The standard InChI is InChI=1S/C13H18BrNO3/c1-8(2)12(7-18-3)15-11-6-9(14)4-5-10(11)13(16)17/h4-6,8,12,15H,7H2,1-3H3,(H,16,17). The number of methoxy groups -OCH3 is 1. The van der Waals surface area contributed by atoms with Gasteiger partial charge in [0.15, 0.2) is 0 Å². The molecule has 1 aromatic rings. The summed E-state index contributed by atoms with van der Waals surface area (Å²) in [6, 6.07) is 5.14. The first-order valence-electron chi connectivity index (χ1n) is 5.74. The zero-order chi connectivity index (χ0) is 13.7. The Balaban J connectivity index is 3.00. The van der Waals surface area contributed by atoms with Crippen LogP contribution in [0, 0.1) is 5.92 Å². The molecule has 0 saturated carbocycles. The lowest BCUT2D eigenvalue weighted by Crippen LogP contribution is -2.31. The van der Waals surface area contributed by atoms with Crippen LogP contribution in [0.4, 0.5) is 5.69 Å². The Labute approximate surface area is 115 Å². The van der Waals surface area contributed by atoms with E-state index in [9.17, 15) is 4.79 Å². The molecule has 0 saturated heterocycles. The molecule has 0 aromatic heterocycles. The normalized spacial score (nSPS) is 12.5. The predicted molar refractivity (Wildman–Crippen MR) is 75.2 cm³/mol. The molecular formula is C13H18BrNO3. The third kappa shape index (κ3) is 3.99. The quantitative estimate of drug-likeness (QED) is 0.846. The smallest absolute Gasteiger partial charge is 0.337 e. The Bertz CT molecular complexity index is 421. The summed E-state index contributed by atoms with van der Waals surface area (Å²) in [7, 11) is 1.63. The van der Waals surface area contributed by atoms with Gasteiger partial charge in [0.25, 0.3) is 0 Å². The van der Waals surface area contributed by atoms with E-state index in [0.717, 1.165) is 4.47 Å². The van der Waals surface area contributed by atoms with Crippen molar-refractivity contribution in [2.75, 3.05) is 19.0 Å². The number of nitrogens with one attached hydrogen (secondary N) is 1. The molecule has 1 aromatic carbocycles. The highest BCUT2D eigenvalue weighted by atomic mass is 79.9. The molecule has 0 radical (unpaired) electrons. The number of aromatic carboxylic acids is 1. The molecule has 1 atom stereocenters. The van der Waals surface area contributed by atoms with Crippen LogP contribution in [-0.2, 0) is 4.74 Å². The van der Waals surface area contributed by atoms with Crippen molar-refractivity contribution in [1.29, 1.82) is 0 Å². The molecule has 0 aliphatic heterocycles. The van der Waals surface area contributed by atoms with Crippen molar-refractivity contribution < 1.29 is 14.6 Å². The lowest BCUT2D eigenvalue weighted by molar-refractivity contribution is 0.0697. The Morgan fingerprint density at radius 2 is 2.17 bits per heavy atom. The highest BCUT2D eigenvalue weighted by molar-refractivity contribution is 9.10. The number of hydrogen-bond acceptors (Lipinski definition) is 3. The third-order valence-corrected chi connectivity index (χ3v) is 3.20. The molecule has 4 nitrogen and oxygen atoms in total. The van der Waals surface area contributed by atoms with Crippen molar-refractivity contribution in [3.63, 3.8) is 0 Å². The van der Waals surface area contributed by atoms with Crippen LogP contribution in [-0.4, -0.2) is 30.8 Å². The van der Waals surface area contributed by atoms with Crippen LogP contribution in [0.25, 0.3) is 0 Å². The monoisotopic (exact) mass is 315 g/mol. The van der Waals surface area contributed by atoms with Gasteiger partial charge in [-0.25, -0.2) is 4.79 Å². The van der Waals surface area contributed by atoms with Crippen LogP contribution in [0.1, 0.15) is 24.2 Å². The summed E-state index contributed by atoms with van der Waals surface area (Å²) < 4.78 is 5.99. The van der Waals surface area contributed by atoms with E-state index in [1.807, 2.05) is 0 Å². The van der Waals surface area contributed by atoms with E-state index in [4.69, 9.17) is 9.84 Å². The van der Waals surface area contributed by atoms with Crippen molar-refractivity contribution in [3.8, 4) is 0 Å². The summed E-state index contributed by atoms with van der Waals surface area (Å²) in [4.78, 5) is 11.2. The summed E-state index contributed by atoms with van der Waals surface area (Å²) in [6.07, 6.45) is 0. The second-order valence-corrected chi connectivity index (χ2v) is 5.36. The summed E-state index contributed by atoms with van der Waals surface area (Å²) in [5, 5.41) is 12.4. The summed E-state index contributed by atoms with van der Waals surface area (Å²) in [5.41, 5.74) is 0.868. The molecule has 0 amide bonds. The maximum absolute atomic E-state index is 11.2. The Kier molecular flexibility index (Phi) is 5.62. The third-order valence-electron chi connectivity index (χ3n) is 2.70. The van der Waals surface area contributed by atoms with E-state index in [0.29, 0.717) is 18.2 Å². The number of benzene rings is 1. The first-order valence-corrected chi connectivity index (χ1v) is 6.53. The Hall–Kier alpha value is -1.07. The van der Waals surface area contributed by atoms with Crippen molar-refractivity contribution in [3.05, 3.63) is 28.2 Å². The summed E-state index contributed by atoms with van der Waals surface area (Å²) in [5.74, 6) is -0.601. The van der Waals surface area contributed by atoms with Gasteiger partial charge < -0.3 is 15.2 Å². The number of carboxylic acid groups (broad SMARTS) is 1. The van der Waals surface area contributed by atoms with E-state index < -0.39 is 5.97 Å². The number of ether oxygens (including phenoxy) is 1. The lowest BCUT2D eigenvalue weighted by Gasteiger charge is -2.23. The Morgan fingerprint density at radius 1 is 1.50 bits per heavy atom. The molecule has 0 spiro atoms. The van der Waals surface area contributed by atoms with Gasteiger partial charge in [0.1, 0.15) is 0 Å². The van der Waals surface area contributed by atoms with Gasteiger partial charge in [-0.15, -0.1) is 0 Å². The van der Waals surface area contributed by atoms with E-state index in [1.54, 1.807) is 25.3 Å². The topological polar surface area (TPSA) is 58.6 Å². The van der Waals surface area contributed by atoms with E-state index in [1.165, 1.54) is 0 Å². The van der Waals surface area contributed by atoms with Gasteiger partial charge in [-0.2, -0.15) is 0 Å². The maximum Gasteiger partial charge on any atom is 0.337 e. The molecule has 2 N–H and O–H groups in total. The summed E-state index contributed by atoms with van der Waals surface area (Å²) >= 11 is 3.35. The van der Waals surface area contributed by atoms with Gasteiger partial charge in [-0.3, -0.25) is 0 Å². The van der Waals surface area contributed by atoms with Crippen LogP contribution in [0.3, 0.4) is 0 Å². The van der Waals surface area contributed by atoms with Gasteiger partial charge in [-0.1, -0.05) is 29.8 Å². The van der Waals surface area contributed by atoms with E-state index in [-0.39, 0.29) is 11.6 Å². The minimum Gasteiger partial charge on any atom is -0.478 e. The minimum atomic E-state index is -0.940. The number of anilines is 1. The van der Waals surface area contributed by atoms with Crippen molar-refractivity contribution >= 4 is 27.6 Å². The van der Waals surface area contributed by atoms with Crippen molar-refractivity contribution in [1.82, 2.24) is 0 Å². The maximum atomic E-state index is 11.2. The number of hydrogen-bond donors (Lipinski definition) is 2. The summed E-state index contributed by atoms with van der Waals surface area (Å²) in [6.45, 7) is 4.66. The molecule has 0 aliphatic carbocycles. The fraction of sp³-hybridized carbons (Fsp3) is 0.462. The number of rotatable bonds is 6. The van der Waals surface area contributed by atoms with Crippen molar-refractivity contribution in [2.24, 2.45) is 5.92 Å². The average Bonchev–Trinajstić information content (AvgIpc) is 2.28. The molecule has 18 heavy (non-hydrogen) atoms. The van der Waals surface area contributed by atoms with E-state index in [2.05, 4.69) is 35.1 Å².